The highest BCUT2D eigenvalue weighted by Crippen LogP contribution is 2.33. The van der Waals surface area contributed by atoms with E-state index in [1.165, 1.54) is 0 Å². The second kappa shape index (κ2) is 7.32. The van der Waals surface area contributed by atoms with Gasteiger partial charge in [0, 0.05) is 37.7 Å². The van der Waals surface area contributed by atoms with Gasteiger partial charge in [-0.2, -0.15) is 4.98 Å². The fourth-order valence-electron chi connectivity index (χ4n) is 3.26. The minimum atomic E-state index is 0.0781. The lowest BCUT2D eigenvalue weighted by Gasteiger charge is -2.19. The Morgan fingerprint density at radius 1 is 1.33 bits per heavy atom. The van der Waals surface area contributed by atoms with Gasteiger partial charge in [0.25, 0.3) is 0 Å². The summed E-state index contributed by atoms with van der Waals surface area (Å²) in [5.41, 5.74) is 1.16. The summed E-state index contributed by atoms with van der Waals surface area (Å²) in [7, 11) is 0. The molecule has 1 aliphatic rings. The highest BCUT2D eigenvalue weighted by Gasteiger charge is 2.37. The van der Waals surface area contributed by atoms with Crippen LogP contribution >= 0.6 is 0 Å². The summed E-state index contributed by atoms with van der Waals surface area (Å²) in [6.07, 6.45) is 0.143. The first-order valence-electron chi connectivity index (χ1n) is 8.44. The van der Waals surface area contributed by atoms with E-state index in [0.717, 1.165) is 30.9 Å². The predicted octanol–water partition coefficient (Wildman–Crippen LogP) is 2.37. The molecule has 2 atom stereocenters. The molecular weight excluding hydrogens is 306 g/mol. The Kier molecular flexibility index (Phi) is 5.16. The van der Waals surface area contributed by atoms with Crippen LogP contribution in [0.5, 0.6) is 5.75 Å². The van der Waals surface area contributed by atoms with Crippen LogP contribution in [0.1, 0.15) is 37.0 Å². The summed E-state index contributed by atoms with van der Waals surface area (Å²) in [5.74, 6) is 2.37. The molecule has 3 rings (SSSR count). The van der Waals surface area contributed by atoms with E-state index in [1.807, 2.05) is 39.0 Å². The molecule has 1 aromatic heterocycles. The van der Waals surface area contributed by atoms with E-state index in [1.54, 1.807) is 0 Å². The minimum absolute atomic E-state index is 0.0781. The molecule has 1 aliphatic heterocycles. The topological polar surface area (TPSA) is 71.6 Å². The largest absolute Gasteiger partial charge is 0.491 e. The number of rotatable bonds is 6. The molecule has 0 amide bonds. The van der Waals surface area contributed by atoms with E-state index >= 15 is 0 Å². The molecule has 1 saturated heterocycles. The molecule has 130 valence electrons. The van der Waals surface area contributed by atoms with Crippen molar-refractivity contribution < 1.29 is 14.4 Å². The van der Waals surface area contributed by atoms with E-state index in [9.17, 15) is 5.11 Å². The fourth-order valence-corrected chi connectivity index (χ4v) is 3.26. The van der Waals surface area contributed by atoms with Gasteiger partial charge < -0.3 is 14.4 Å². The highest BCUT2D eigenvalue weighted by atomic mass is 16.5. The van der Waals surface area contributed by atoms with Crippen molar-refractivity contribution in [3.63, 3.8) is 0 Å². The third-order valence-electron chi connectivity index (χ3n) is 4.34. The predicted molar refractivity (Wildman–Crippen MR) is 89.8 cm³/mol. The maximum Gasteiger partial charge on any atom is 0.231 e. The Morgan fingerprint density at radius 3 is 2.79 bits per heavy atom. The van der Waals surface area contributed by atoms with Gasteiger partial charge >= 0.3 is 0 Å². The van der Waals surface area contributed by atoms with E-state index in [-0.39, 0.29) is 24.5 Å². The second-order valence-corrected chi connectivity index (χ2v) is 6.70. The van der Waals surface area contributed by atoms with Crippen molar-refractivity contribution >= 4 is 0 Å². The van der Waals surface area contributed by atoms with Crippen molar-refractivity contribution in [2.24, 2.45) is 5.92 Å². The van der Waals surface area contributed by atoms with Crippen molar-refractivity contribution in [3.05, 3.63) is 41.5 Å². The summed E-state index contributed by atoms with van der Waals surface area (Å²) >= 11 is 0. The zero-order valence-corrected chi connectivity index (χ0v) is 14.5. The number of likely N-dealkylation sites (tertiary alicyclic amines) is 1. The number of benzene rings is 1. The summed E-state index contributed by atoms with van der Waals surface area (Å²) in [4.78, 5) is 6.66. The van der Waals surface area contributed by atoms with Crippen LogP contribution in [0.3, 0.4) is 0 Å². The Morgan fingerprint density at radius 2 is 2.12 bits per heavy atom. The quantitative estimate of drug-likeness (QED) is 0.876. The maximum absolute atomic E-state index is 9.72. The average molecular weight is 331 g/mol. The number of hydrogen-bond donors (Lipinski definition) is 1. The second-order valence-electron chi connectivity index (χ2n) is 6.70. The van der Waals surface area contributed by atoms with Crippen LogP contribution < -0.4 is 4.74 Å². The molecule has 1 aromatic carbocycles. The molecule has 1 N–H and O–H groups in total. The van der Waals surface area contributed by atoms with Gasteiger partial charge in [0.15, 0.2) is 5.82 Å². The van der Waals surface area contributed by atoms with Gasteiger partial charge in [0.1, 0.15) is 5.75 Å². The van der Waals surface area contributed by atoms with E-state index in [2.05, 4.69) is 21.1 Å². The molecule has 6 heteroatoms. The van der Waals surface area contributed by atoms with Gasteiger partial charge in [-0.1, -0.05) is 23.4 Å². The third kappa shape index (κ3) is 3.76. The molecule has 0 unspecified atom stereocenters. The summed E-state index contributed by atoms with van der Waals surface area (Å²) < 4.78 is 11.2. The highest BCUT2D eigenvalue weighted by molar-refractivity contribution is 5.33. The van der Waals surface area contributed by atoms with Gasteiger partial charge in [0.2, 0.25) is 5.89 Å². The number of aryl methyl sites for hydroxylation is 1. The summed E-state index contributed by atoms with van der Waals surface area (Å²) in [6.45, 7) is 8.37. The molecular formula is C18H25N3O3. The summed E-state index contributed by atoms with van der Waals surface area (Å²) in [5, 5.41) is 13.6. The minimum Gasteiger partial charge on any atom is -0.491 e. The first-order chi connectivity index (χ1) is 11.6. The third-order valence-corrected chi connectivity index (χ3v) is 4.34. The number of aliphatic hydroxyl groups excluding tert-OH is 1. The van der Waals surface area contributed by atoms with Crippen LogP contribution in [0.4, 0.5) is 0 Å². The number of para-hydroxylation sites is 1. The smallest absolute Gasteiger partial charge is 0.231 e. The van der Waals surface area contributed by atoms with Crippen molar-refractivity contribution in [2.75, 3.05) is 19.7 Å². The van der Waals surface area contributed by atoms with Gasteiger partial charge in [0.05, 0.1) is 12.0 Å². The fraction of sp³-hybridized carbons (Fsp3) is 0.556. The zero-order chi connectivity index (χ0) is 17.1. The Bertz CT molecular complexity index is 671. The molecule has 2 heterocycles. The Hall–Kier alpha value is -1.92. The lowest BCUT2D eigenvalue weighted by atomic mass is 9.97. The van der Waals surface area contributed by atoms with Gasteiger partial charge in [-0.05, 0) is 26.8 Å². The van der Waals surface area contributed by atoms with E-state index in [0.29, 0.717) is 11.7 Å². The Balaban J connectivity index is 1.73. The first kappa shape index (κ1) is 16.9. The SMILES string of the molecule is Cc1noc([C@@H]2CN(Cc3ccccc3OC(C)C)C[C@H]2CO)n1. The number of aromatic nitrogens is 2. The van der Waals surface area contributed by atoms with Crippen LogP contribution in [0.2, 0.25) is 0 Å². The zero-order valence-electron chi connectivity index (χ0n) is 14.5. The van der Waals surface area contributed by atoms with Crippen molar-refractivity contribution in [1.82, 2.24) is 15.0 Å². The normalized spacial score (nSPS) is 21.5. The number of nitrogens with zero attached hydrogens (tertiary/aromatic N) is 3. The van der Waals surface area contributed by atoms with Crippen molar-refractivity contribution in [2.45, 2.75) is 39.3 Å². The Labute approximate surface area is 142 Å². The lowest BCUT2D eigenvalue weighted by Crippen LogP contribution is -2.21. The molecule has 6 nitrogen and oxygen atoms in total. The lowest BCUT2D eigenvalue weighted by molar-refractivity contribution is 0.203. The number of ether oxygens (including phenoxy) is 1. The van der Waals surface area contributed by atoms with Crippen LogP contribution in [-0.2, 0) is 6.54 Å². The van der Waals surface area contributed by atoms with Crippen LogP contribution in [-0.4, -0.2) is 45.9 Å². The number of aliphatic hydroxyl groups is 1. The molecule has 0 spiro atoms. The van der Waals surface area contributed by atoms with Crippen molar-refractivity contribution in [3.8, 4) is 5.75 Å². The van der Waals surface area contributed by atoms with Crippen LogP contribution in [0.25, 0.3) is 0 Å². The van der Waals surface area contributed by atoms with Crippen LogP contribution in [0.15, 0.2) is 28.8 Å². The molecule has 0 radical (unpaired) electrons. The van der Waals surface area contributed by atoms with Crippen LogP contribution in [0, 0.1) is 12.8 Å². The summed E-state index contributed by atoms with van der Waals surface area (Å²) in [6, 6.07) is 8.12. The molecule has 0 bridgehead atoms. The first-order valence-corrected chi connectivity index (χ1v) is 8.44. The van der Waals surface area contributed by atoms with E-state index < -0.39 is 0 Å². The monoisotopic (exact) mass is 331 g/mol. The molecule has 2 aromatic rings. The molecule has 0 aliphatic carbocycles. The molecule has 24 heavy (non-hydrogen) atoms. The van der Waals surface area contributed by atoms with Gasteiger partial charge in [-0.25, -0.2) is 0 Å². The van der Waals surface area contributed by atoms with E-state index in [4.69, 9.17) is 9.26 Å². The van der Waals surface area contributed by atoms with Gasteiger partial charge in [-0.3, -0.25) is 4.90 Å². The average Bonchev–Trinajstić information content (AvgIpc) is 3.14. The molecule has 1 fully saturated rings. The van der Waals surface area contributed by atoms with Crippen molar-refractivity contribution in [1.29, 1.82) is 0 Å². The molecule has 0 saturated carbocycles. The maximum atomic E-state index is 9.72. The standard InChI is InChI=1S/C18H25N3O3/c1-12(2)23-17-7-5-4-6-14(17)8-21-9-15(11-22)16(10-21)18-19-13(3)20-24-18/h4-7,12,15-16,22H,8-11H2,1-3H3/t15-,16+/m0/s1. The van der Waals surface area contributed by atoms with Gasteiger partial charge in [-0.15, -0.1) is 0 Å². The number of hydrogen-bond acceptors (Lipinski definition) is 6.